The Bertz CT molecular complexity index is 1020. The summed E-state index contributed by atoms with van der Waals surface area (Å²) in [7, 11) is 0. The van der Waals surface area contributed by atoms with E-state index >= 15 is 0 Å². The van der Waals surface area contributed by atoms with Crippen molar-refractivity contribution in [3.05, 3.63) is 49.7 Å². The number of azide groups is 2. The third-order valence-electron chi connectivity index (χ3n) is 4.63. The minimum Gasteiger partial charge on any atom is -0.394 e. The van der Waals surface area contributed by atoms with Crippen LogP contribution in [0.2, 0.25) is 0 Å². The van der Waals surface area contributed by atoms with E-state index in [4.69, 9.17) is 60.5 Å². The first-order valence-electron chi connectivity index (χ1n) is 14.0. The van der Waals surface area contributed by atoms with Gasteiger partial charge in [-0.25, -0.2) is 17.6 Å². The molecule has 0 aliphatic carbocycles. The summed E-state index contributed by atoms with van der Waals surface area (Å²) in [6.07, 6.45) is 0. The number of nitrogens with one attached hydrogen (secondary N) is 1. The Morgan fingerprint density at radius 2 is 1.09 bits per heavy atom. The van der Waals surface area contributed by atoms with E-state index in [2.05, 4.69) is 20.1 Å². The van der Waals surface area contributed by atoms with E-state index in [0.717, 1.165) is 0 Å². The molecule has 0 radical (unpaired) electrons. The Morgan fingerprint density at radius 1 is 0.660 bits per heavy atom. The number of halogens is 4. The minimum atomic E-state index is -1.97. The Balaban J connectivity index is 0. The lowest BCUT2D eigenvalue weighted by molar-refractivity contribution is 0.0338. The van der Waals surface area contributed by atoms with Gasteiger partial charge in [-0.1, -0.05) is 10.2 Å². The van der Waals surface area contributed by atoms with Crippen LogP contribution in [0.1, 0.15) is 10.4 Å². The Hall–Kier alpha value is -3.37. The van der Waals surface area contributed by atoms with Gasteiger partial charge in [-0.05, 0) is 11.1 Å². The van der Waals surface area contributed by atoms with Crippen molar-refractivity contribution in [2.45, 2.75) is 0 Å². The number of nitrogens with two attached hydrogens (primary N) is 1. The van der Waals surface area contributed by atoms with E-state index in [1.54, 1.807) is 0 Å². The fourth-order valence-corrected chi connectivity index (χ4v) is 2.67. The summed E-state index contributed by atoms with van der Waals surface area (Å²) in [4.78, 5) is 16.3. The third kappa shape index (κ3) is 24.5. The van der Waals surface area contributed by atoms with Gasteiger partial charge >= 0.3 is 0 Å². The van der Waals surface area contributed by atoms with E-state index in [0.29, 0.717) is 65.9 Å². The monoisotopic (exact) mass is 690 g/mol. The first-order valence-corrected chi connectivity index (χ1v) is 14.0. The minimum absolute atomic E-state index is 0.0265. The molecule has 0 aromatic heterocycles. The zero-order valence-corrected chi connectivity index (χ0v) is 25.7. The van der Waals surface area contributed by atoms with Gasteiger partial charge in [-0.3, -0.25) is 4.79 Å². The zero-order valence-electron chi connectivity index (χ0n) is 25.7. The van der Waals surface area contributed by atoms with Gasteiger partial charge < -0.3 is 54.8 Å². The summed E-state index contributed by atoms with van der Waals surface area (Å²) < 4.78 is 84.3. The molecule has 0 spiro atoms. The van der Waals surface area contributed by atoms with Crippen molar-refractivity contribution >= 4 is 11.6 Å². The van der Waals surface area contributed by atoms with Gasteiger partial charge in [0.05, 0.1) is 99.1 Å². The molecule has 18 nitrogen and oxygen atoms in total. The standard InChI is InChI=1S/C13H14F4N4O4.C6H13N3O3.C6H15NO3/c14-8-7(9(15)11(17)12(10(8)16)20-21-18)13(23)19-1-3-24-5-6-25-4-2-22;7-9-8-1-3-11-5-6-12-4-2-10;7-1-3-9-5-6-10-4-2-8/h22H,1-6H2,(H,19,23);10H,1-6H2;8H,1-7H2. The lowest BCUT2D eigenvalue weighted by Gasteiger charge is -2.10. The smallest absolute Gasteiger partial charge is 0.257 e. The second-order valence-corrected chi connectivity index (χ2v) is 8.01. The Kier molecular flexibility index (Phi) is 33.1. The first kappa shape index (κ1) is 45.8. The number of nitrogens with zero attached hydrogens (tertiary/aromatic N) is 6. The van der Waals surface area contributed by atoms with Crippen LogP contribution in [0.15, 0.2) is 10.2 Å². The molecule has 270 valence electrons. The molecule has 6 N–H and O–H groups in total. The molecule has 1 rings (SSSR count). The fourth-order valence-electron chi connectivity index (χ4n) is 2.67. The average molecular weight is 691 g/mol. The van der Waals surface area contributed by atoms with Crippen molar-refractivity contribution in [1.82, 2.24) is 5.32 Å². The topological polar surface area (TPSA) is 269 Å². The van der Waals surface area contributed by atoms with Crippen LogP contribution >= 0.6 is 0 Å². The molecule has 22 heteroatoms. The molecule has 0 aliphatic heterocycles. The van der Waals surface area contributed by atoms with Crippen LogP contribution < -0.4 is 11.1 Å². The van der Waals surface area contributed by atoms with Crippen LogP contribution in [-0.2, 0) is 28.4 Å². The molecule has 0 heterocycles. The third-order valence-corrected chi connectivity index (χ3v) is 4.63. The molecular weight excluding hydrogens is 648 g/mol. The van der Waals surface area contributed by atoms with E-state index in [1.807, 2.05) is 5.32 Å². The largest absolute Gasteiger partial charge is 0.394 e. The van der Waals surface area contributed by atoms with Crippen molar-refractivity contribution in [1.29, 1.82) is 0 Å². The van der Waals surface area contributed by atoms with Crippen molar-refractivity contribution < 1.29 is 66.1 Å². The molecule has 1 amide bonds. The highest BCUT2D eigenvalue weighted by Crippen LogP contribution is 2.30. The predicted octanol–water partition coefficient (Wildman–Crippen LogP) is 1.23. The maximum absolute atomic E-state index is 13.7. The summed E-state index contributed by atoms with van der Waals surface area (Å²) >= 11 is 0. The zero-order chi connectivity index (χ0) is 35.5. The van der Waals surface area contributed by atoms with E-state index < -0.39 is 40.4 Å². The molecule has 0 atom stereocenters. The van der Waals surface area contributed by atoms with Gasteiger partial charge in [0.25, 0.3) is 5.91 Å². The second kappa shape index (κ2) is 34.0. The highest BCUT2D eigenvalue weighted by molar-refractivity contribution is 5.95. The van der Waals surface area contributed by atoms with Gasteiger partial charge in [0.15, 0.2) is 23.3 Å². The Morgan fingerprint density at radius 3 is 1.49 bits per heavy atom. The van der Waals surface area contributed by atoms with Crippen LogP contribution in [-0.4, -0.2) is 140 Å². The fraction of sp³-hybridized carbons (Fsp3) is 0.720. The number of carbonyl (C=O) groups is 1. The van der Waals surface area contributed by atoms with Gasteiger partial charge in [0.2, 0.25) is 0 Å². The number of hydrogen-bond donors (Lipinski definition) is 5. The van der Waals surface area contributed by atoms with Crippen LogP contribution in [0.3, 0.4) is 0 Å². The molecular formula is C25H42F4N8O10. The van der Waals surface area contributed by atoms with Crippen molar-refractivity contribution in [3.8, 4) is 0 Å². The molecule has 0 aliphatic rings. The van der Waals surface area contributed by atoms with Crippen molar-refractivity contribution in [2.24, 2.45) is 16.0 Å². The quantitative estimate of drug-likeness (QED) is 0.0243. The number of aliphatic hydroxyl groups excluding tert-OH is 3. The highest BCUT2D eigenvalue weighted by Gasteiger charge is 2.28. The van der Waals surface area contributed by atoms with Gasteiger partial charge in [-0.2, -0.15) is 0 Å². The van der Waals surface area contributed by atoms with Gasteiger partial charge in [-0.15, -0.1) is 0 Å². The summed E-state index contributed by atoms with van der Waals surface area (Å²) in [6, 6.07) is 0. The number of amides is 1. The molecule has 0 fully saturated rings. The van der Waals surface area contributed by atoms with E-state index in [9.17, 15) is 22.4 Å². The van der Waals surface area contributed by atoms with Crippen LogP contribution in [0.5, 0.6) is 0 Å². The molecule has 1 aromatic rings. The van der Waals surface area contributed by atoms with Gasteiger partial charge in [0, 0.05) is 29.5 Å². The van der Waals surface area contributed by atoms with Crippen LogP contribution in [0, 0.1) is 23.3 Å². The van der Waals surface area contributed by atoms with E-state index in [1.165, 1.54) is 0 Å². The number of benzene rings is 1. The summed E-state index contributed by atoms with van der Waals surface area (Å²) in [5.41, 5.74) is 18.2. The van der Waals surface area contributed by atoms with Gasteiger partial charge in [0.1, 0.15) is 11.3 Å². The number of hydrogen-bond acceptors (Lipinski definition) is 13. The average Bonchev–Trinajstić information content (AvgIpc) is 3.07. The number of ether oxygens (including phenoxy) is 6. The molecule has 0 saturated heterocycles. The van der Waals surface area contributed by atoms with Crippen LogP contribution in [0.25, 0.3) is 20.9 Å². The maximum atomic E-state index is 13.7. The molecule has 0 unspecified atom stereocenters. The molecule has 0 saturated carbocycles. The molecule has 0 bridgehead atoms. The highest BCUT2D eigenvalue weighted by atomic mass is 19.2. The summed E-state index contributed by atoms with van der Waals surface area (Å²) in [6.45, 7) is 4.75. The number of carbonyl (C=O) groups excluding carboxylic acids is 1. The number of aliphatic hydroxyl groups is 3. The SMILES string of the molecule is NCCOCCOCCO.[N-]=[N+]=NCCOCCOCCO.[N-]=[N+]=Nc1c(F)c(F)c(C(=O)NCCOCCOCCO)c(F)c1F. The molecule has 1 aromatic carbocycles. The number of rotatable bonds is 25. The predicted molar refractivity (Wildman–Crippen MR) is 157 cm³/mol. The summed E-state index contributed by atoms with van der Waals surface area (Å²) in [5.74, 6) is -9.30. The molecule has 47 heavy (non-hydrogen) atoms. The van der Waals surface area contributed by atoms with Crippen molar-refractivity contribution in [3.63, 3.8) is 0 Å². The maximum Gasteiger partial charge on any atom is 0.257 e. The lowest BCUT2D eigenvalue weighted by Crippen LogP contribution is -2.30. The second-order valence-electron chi connectivity index (χ2n) is 8.01. The van der Waals surface area contributed by atoms with Crippen molar-refractivity contribution in [2.75, 3.05) is 119 Å². The summed E-state index contributed by atoms with van der Waals surface area (Å²) in [5, 5.41) is 32.9. The first-order chi connectivity index (χ1) is 22.8. The normalized spacial score (nSPS) is 10.1. The van der Waals surface area contributed by atoms with E-state index in [-0.39, 0.29) is 52.8 Å². The van der Waals surface area contributed by atoms with Crippen LogP contribution in [0.4, 0.5) is 23.2 Å². The Labute approximate surface area is 267 Å². The lowest BCUT2D eigenvalue weighted by atomic mass is 10.1.